The lowest BCUT2D eigenvalue weighted by Gasteiger charge is -1.82. The third-order valence-electron chi connectivity index (χ3n) is 0.720. The van der Waals surface area contributed by atoms with E-state index in [1.807, 2.05) is 0 Å². The number of aliphatic imine (C=N–C) groups is 1. The van der Waals surface area contributed by atoms with Gasteiger partial charge in [-0.2, -0.15) is 5.10 Å². The molecule has 0 atom stereocenters. The number of hydrogen-bond acceptors (Lipinski definition) is 3. The second-order valence-electron chi connectivity index (χ2n) is 1.24. The third kappa shape index (κ3) is 0.872. The van der Waals surface area contributed by atoms with E-state index in [0.717, 1.165) is 0 Å². The molecule has 0 N–H and O–H groups in total. The lowest BCUT2D eigenvalue weighted by atomic mass is 10.5. The Morgan fingerprint density at radius 2 is 2.50 bits per heavy atom. The third-order valence-corrected chi connectivity index (χ3v) is 0.720. The molecule has 0 aliphatic rings. The van der Waals surface area contributed by atoms with Crippen molar-refractivity contribution in [1.29, 1.82) is 0 Å². The zero-order valence-corrected chi connectivity index (χ0v) is 4.28. The number of hydrogen-bond donors (Lipinski definition) is 0. The van der Waals surface area contributed by atoms with Crippen molar-refractivity contribution < 1.29 is 0 Å². The van der Waals surface area contributed by atoms with Gasteiger partial charge in [0.25, 0.3) is 0 Å². The topological polar surface area (TPSA) is 38.1 Å². The molecule has 0 spiro atoms. The van der Waals surface area contributed by atoms with Gasteiger partial charge in [0.2, 0.25) is 0 Å². The van der Waals surface area contributed by atoms with Gasteiger partial charge in [0, 0.05) is 6.20 Å². The molecule has 3 heteroatoms. The van der Waals surface area contributed by atoms with Gasteiger partial charge < -0.3 is 0 Å². The van der Waals surface area contributed by atoms with E-state index in [2.05, 4.69) is 21.9 Å². The summed E-state index contributed by atoms with van der Waals surface area (Å²) < 4.78 is 0. The van der Waals surface area contributed by atoms with Crippen molar-refractivity contribution in [3.8, 4) is 0 Å². The summed E-state index contributed by atoms with van der Waals surface area (Å²) in [5, 5.41) is 7.19. The number of rotatable bonds is 1. The zero-order chi connectivity index (χ0) is 5.82. The van der Waals surface area contributed by atoms with Crippen molar-refractivity contribution in [1.82, 2.24) is 10.2 Å². The van der Waals surface area contributed by atoms with Crippen LogP contribution in [0.1, 0.15) is 0 Å². The molecule has 40 valence electrons. The van der Waals surface area contributed by atoms with Crippen molar-refractivity contribution in [2.45, 2.75) is 0 Å². The van der Waals surface area contributed by atoms with Crippen LogP contribution < -0.4 is 0 Å². The minimum Gasteiger partial charge on any atom is -0.244 e. The van der Waals surface area contributed by atoms with E-state index in [4.69, 9.17) is 0 Å². The number of nitrogens with zero attached hydrogens (tertiary/aromatic N) is 3. The molecule has 1 rings (SSSR count). The van der Waals surface area contributed by atoms with Crippen LogP contribution in [0.5, 0.6) is 0 Å². The summed E-state index contributed by atoms with van der Waals surface area (Å²) in [6.45, 7) is 3.28. The second-order valence-corrected chi connectivity index (χ2v) is 1.24. The van der Waals surface area contributed by atoms with Gasteiger partial charge in [-0.3, -0.25) is 0 Å². The smallest absolute Gasteiger partial charge is 0.173 e. The Hall–Kier alpha value is -1.25. The van der Waals surface area contributed by atoms with Crippen molar-refractivity contribution in [2.24, 2.45) is 4.99 Å². The Morgan fingerprint density at radius 1 is 1.62 bits per heavy atom. The van der Waals surface area contributed by atoms with E-state index >= 15 is 0 Å². The van der Waals surface area contributed by atoms with Crippen LogP contribution in [0.25, 0.3) is 0 Å². The summed E-state index contributed by atoms with van der Waals surface area (Å²) >= 11 is 0. The molecular formula is C5H5N3. The van der Waals surface area contributed by atoms with Gasteiger partial charge in [0.1, 0.15) is 0 Å². The second kappa shape index (κ2) is 2.16. The molecule has 0 radical (unpaired) electrons. The fourth-order valence-electron chi connectivity index (χ4n) is 0.378. The van der Waals surface area contributed by atoms with Crippen molar-refractivity contribution in [3.63, 3.8) is 0 Å². The molecule has 0 amide bonds. The predicted octanol–water partition coefficient (Wildman–Crippen LogP) is 0.809. The standard InChI is InChI=1S/C5H5N3/c1-6-5-3-2-4-7-8-5/h2-4H,1H2. The monoisotopic (exact) mass is 107 g/mol. The van der Waals surface area contributed by atoms with Gasteiger partial charge in [-0.25, -0.2) is 4.99 Å². The summed E-state index contributed by atoms with van der Waals surface area (Å²) in [6, 6.07) is 3.50. The SMILES string of the molecule is C=Nc1cccnn1. The molecule has 0 saturated carbocycles. The normalized spacial score (nSPS) is 8.50. The highest BCUT2D eigenvalue weighted by atomic mass is 15.1. The predicted molar refractivity (Wildman–Crippen MR) is 31.2 cm³/mol. The maximum atomic E-state index is 3.62. The van der Waals surface area contributed by atoms with Crippen LogP contribution >= 0.6 is 0 Å². The maximum absolute atomic E-state index is 3.62. The van der Waals surface area contributed by atoms with Gasteiger partial charge in [0.15, 0.2) is 5.82 Å². The van der Waals surface area contributed by atoms with Gasteiger partial charge in [-0.1, -0.05) is 0 Å². The van der Waals surface area contributed by atoms with Gasteiger partial charge >= 0.3 is 0 Å². The van der Waals surface area contributed by atoms with Crippen molar-refractivity contribution >= 4 is 12.5 Å². The van der Waals surface area contributed by atoms with E-state index in [-0.39, 0.29) is 0 Å². The average molecular weight is 107 g/mol. The molecule has 0 unspecified atom stereocenters. The van der Waals surface area contributed by atoms with Crippen LogP contribution in [-0.4, -0.2) is 16.9 Å². The molecule has 1 aromatic rings. The zero-order valence-electron chi connectivity index (χ0n) is 4.28. The minimum absolute atomic E-state index is 0.563. The van der Waals surface area contributed by atoms with Crippen LogP contribution in [0, 0.1) is 0 Å². The lowest BCUT2D eigenvalue weighted by Crippen LogP contribution is -1.74. The quantitative estimate of drug-likeness (QED) is 0.498. The largest absolute Gasteiger partial charge is 0.244 e. The van der Waals surface area contributed by atoms with Crippen molar-refractivity contribution in [2.75, 3.05) is 0 Å². The summed E-state index contributed by atoms with van der Waals surface area (Å²) in [7, 11) is 0. The Labute approximate surface area is 47.1 Å². The number of aromatic nitrogens is 2. The summed E-state index contributed by atoms with van der Waals surface area (Å²) in [6.07, 6.45) is 1.59. The van der Waals surface area contributed by atoms with Gasteiger partial charge in [-0.05, 0) is 18.9 Å². The fourth-order valence-corrected chi connectivity index (χ4v) is 0.378. The molecule has 1 aromatic heterocycles. The van der Waals surface area contributed by atoms with Crippen LogP contribution in [0.4, 0.5) is 5.82 Å². The van der Waals surface area contributed by atoms with Crippen LogP contribution in [0.2, 0.25) is 0 Å². The molecule has 0 bridgehead atoms. The van der Waals surface area contributed by atoms with E-state index in [0.29, 0.717) is 5.82 Å². The van der Waals surface area contributed by atoms with E-state index in [1.165, 1.54) is 0 Å². The maximum Gasteiger partial charge on any atom is 0.173 e. The van der Waals surface area contributed by atoms with E-state index < -0.39 is 0 Å². The van der Waals surface area contributed by atoms with Crippen LogP contribution in [0.3, 0.4) is 0 Å². The average Bonchev–Trinajstić information content (AvgIpc) is 1.90. The highest BCUT2D eigenvalue weighted by molar-refractivity contribution is 5.37. The molecule has 0 saturated heterocycles. The first-order valence-electron chi connectivity index (χ1n) is 2.18. The highest BCUT2D eigenvalue weighted by Crippen LogP contribution is 1.99. The first kappa shape index (κ1) is 4.90. The summed E-state index contributed by atoms with van der Waals surface area (Å²) in [4.78, 5) is 3.55. The molecule has 0 aromatic carbocycles. The molecule has 1 heterocycles. The van der Waals surface area contributed by atoms with Crippen LogP contribution in [0.15, 0.2) is 23.3 Å². The van der Waals surface area contributed by atoms with Gasteiger partial charge in [0.05, 0.1) is 0 Å². The van der Waals surface area contributed by atoms with E-state index in [1.54, 1.807) is 18.3 Å². The molecule has 0 aliphatic heterocycles. The Morgan fingerprint density at radius 3 is 2.88 bits per heavy atom. The Bertz CT molecular complexity index is 170. The van der Waals surface area contributed by atoms with E-state index in [9.17, 15) is 0 Å². The van der Waals surface area contributed by atoms with Crippen molar-refractivity contribution in [3.05, 3.63) is 18.3 Å². The minimum atomic E-state index is 0.563. The molecule has 0 fully saturated rings. The molecular weight excluding hydrogens is 102 g/mol. The first-order chi connectivity index (χ1) is 3.93. The molecule has 0 aliphatic carbocycles. The summed E-state index contributed by atoms with van der Waals surface area (Å²) in [5.41, 5.74) is 0. The molecule has 8 heavy (non-hydrogen) atoms. The highest BCUT2D eigenvalue weighted by Gasteiger charge is 1.80. The molecule has 3 nitrogen and oxygen atoms in total. The fraction of sp³-hybridized carbons (Fsp3) is 0. The van der Waals surface area contributed by atoms with Gasteiger partial charge in [-0.15, -0.1) is 5.10 Å². The Balaban J connectivity index is 2.99. The van der Waals surface area contributed by atoms with Crippen LogP contribution in [-0.2, 0) is 0 Å². The lowest BCUT2D eigenvalue weighted by molar-refractivity contribution is 1.03. The first-order valence-corrected chi connectivity index (χ1v) is 2.18. The summed E-state index contributed by atoms with van der Waals surface area (Å²) in [5.74, 6) is 0.563. The Kier molecular flexibility index (Phi) is 1.32.